The molecule has 3 rings (SSSR count). The first kappa shape index (κ1) is 17.3. The van der Waals surface area contributed by atoms with Crippen molar-refractivity contribution in [1.82, 2.24) is 25.4 Å². The number of ether oxygens (including phenoxy) is 1. The van der Waals surface area contributed by atoms with Crippen LogP contribution in [0.5, 0.6) is 5.75 Å². The lowest BCUT2D eigenvalue weighted by Crippen LogP contribution is -2.39. The quantitative estimate of drug-likeness (QED) is 0.874. The van der Waals surface area contributed by atoms with Crippen LogP contribution in [0.1, 0.15) is 55.1 Å². The van der Waals surface area contributed by atoms with Gasteiger partial charge in [0.2, 0.25) is 0 Å². The number of nitrogens with one attached hydrogen (secondary N) is 2. The molecule has 7 heteroatoms. The Hall–Kier alpha value is -2.57. The van der Waals surface area contributed by atoms with Gasteiger partial charge in [-0.2, -0.15) is 0 Å². The number of hydrogen-bond acceptors (Lipinski definition) is 4. The zero-order valence-corrected chi connectivity index (χ0v) is 15.2. The number of rotatable bonds is 5. The van der Waals surface area contributed by atoms with E-state index >= 15 is 0 Å². The summed E-state index contributed by atoms with van der Waals surface area (Å²) in [5.41, 5.74) is 2.07. The largest absolute Gasteiger partial charge is 0.496 e. The van der Waals surface area contributed by atoms with Crippen molar-refractivity contribution in [2.75, 3.05) is 7.11 Å². The van der Waals surface area contributed by atoms with Crippen molar-refractivity contribution in [3.8, 4) is 5.75 Å². The lowest BCUT2D eigenvalue weighted by Gasteiger charge is -2.20. The summed E-state index contributed by atoms with van der Waals surface area (Å²) in [7, 11) is 1.63. The molecule has 2 atom stereocenters. The lowest BCUT2D eigenvalue weighted by molar-refractivity contribution is 0.234. The third-order valence-corrected chi connectivity index (χ3v) is 4.57. The van der Waals surface area contributed by atoms with E-state index in [1.807, 2.05) is 39.0 Å². The molecule has 1 aromatic carbocycles. The highest BCUT2D eigenvalue weighted by atomic mass is 16.5. The minimum absolute atomic E-state index is 0.175. The van der Waals surface area contributed by atoms with Crippen LogP contribution in [-0.4, -0.2) is 27.9 Å². The summed E-state index contributed by atoms with van der Waals surface area (Å²) in [5.74, 6) is 2.58. The highest BCUT2D eigenvalue weighted by Crippen LogP contribution is 2.26. The van der Waals surface area contributed by atoms with E-state index in [4.69, 9.17) is 4.74 Å². The minimum Gasteiger partial charge on any atom is -0.496 e. The number of methoxy groups -OCH3 is 1. The Morgan fingerprint density at radius 1 is 1.24 bits per heavy atom. The van der Waals surface area contributed by atoms with E-state index in [1.165, 1.54) is 0 Å². The van der Waals surface area contributed by atoms with E-state index in [0.717, 1.165) is 47.9 Å². The maximum absolute atomic E-state index is 12.4. The van der Waals surface area contributed by atoms with Gasteiger partial charge in [-0.05, 0) is 33.3 Å². The van der Waals surface area contributed by atoms with Crippen LogP contribution < -0.4 is 15.4 Å². The zero-order valence-electron chi connectivity index (χ0n) is 15.2. The third-order valence-electron chi connectivity index (χ3n) is 4.57. The molecule has 0 saturated heterocycles. The number of benzene rings is 1. The van der Waals surface area contributed by atoms with Crippen LogP contribution in [0.15, 0.2) is 18.2 Å². The number of urea groups is 1. The van der Waals surface area contributed by atoms with Crippen molar-refractivity contribution in [2.24, 2.45) is 0 Å². The van der Waals surface area contributed by atoms with Crippen LogP contribution in [0.2, 0.25) is 0 Å². The Morgan fingerprint density at radius 3 is 2.76 bits per heavy atom. The summed E-state index contributed by atoms with van der Waals surface area (Å²) in [6.07, 6.45) is 2.04. The predicted octanol–water partition coefficient (Wildman–Crippen LogP) is 2.66. The van der Waals surface area contributed by atoms with Crippen LogP contribution in [0.3, 0.4) is 0 Å². The zero-order chi connectivity index (χ0) is 18.0. The monoisotopic (exact) mass is 343 g/mol. The number of carbonyl (C=O) groups excluding carboxylic acids is 1. The Bertz CT molecular complexity index is 771. The molecular formula is C18H25N5O2. The summed E-state index contributed by atoms with van der Waals surface area (Å²) < 4.78 is 7.50. The van der Waals surface area contributed by atoms with E-state index in [0.29, 0.717) is 0 Å². The van der Waals surface area contributed by atoms with Gasteiger partial charge in [0, 0.05) is 18.5 Å². The number of carbonyl (C=O) groups is 1. The Kier molecular flexibility index (Phi) is 4.92. The van der Waals surface area contributed by atoms with Gasteiger partial charge in [0.15, 0.2) is 5.82 Å². The van der Waals surface area contributed by atoms with Crippen LogP contribution in [0.25, 0.3) is 0 Å². The van der Waals surface area contributed by atoms with Gasteiger partial charge in [-0.15, -0.1) is 10.2 Å². The fraction of sp³-hybridized carbons (Fsp3) is 0.500. The van der Waals surface area contributed by atoms with E-state index in [9.17, 15) is 4.79 Å². The standard InChI is InChI=1S/C18H25N5O2/c1-11-7-8-15(25-4)14(10-11)12(2)19-18(24)20-13(3)17-22-21-16-6-5-9-23(16)17/h7-8,10,12-13H,5-6,9H2,1-4H3,(H2,19,20,24)/t12-,13+/m0/s1. The molecule has 0 fully saturated rings. The minimum atomic E-state index is -0.237. The summed E-state index contributed by atoms with van der Waals surface area (Å²) in [5, 5.41) is 14.3. The van der Waals surface area contributed by atoms with E-state index in [1.54, 1.807) is 7.11 Å². The second kappa shape index (κ2) is 7.13. The van der Waals surface area contributed by atoms with E-state index < -0.39 is 0 Å². The third kappa shape index (κ3) is 3.60. The molecule has 1 aliphatic rings. The van der Waals surface area contributed by atoms with E-state index in [2.05, 4.69) is 25.4 Å². The Labute approximate surface area is 147 Å². The smallest absolute Gasteiger partial charge is 0.315 e. The number of aromatic nitrogens is 3. The molecule has 2 heterocycles. The molecule has 7 nitrogen and oxygen atoms in total. The number of nitrogens with zero attached hydrogens (tertiary/aromatic N) is 3. The van der Waals surface area contributed by atoms with Crippen molar-refractivity contribution in [3.05, 3.63) is 41.0 Å². The number of hydrogen-bond donors (Lipinski definition) is 2. The van der Waals surface area contributed by atoms with Crippen molar-refractivity contribution >= 4 is 6.03 Å². The van der Waals surface area contributed by atoms with Gasteiger partial charge in [-0.25, -0.2) is 4.79 Å². The molecule has 25 heavy (non-hydrogen) atoms. The van der Waals surface area contributed by atoms with Gasteiger partial charge in [0.1, 0.15) is 11.6 Å². The average molecular weight is 343 g/mol. The molecule has 134 valence electrons. The molecule has 2 amide bonds. The van der Waals surface area contributed by atoms with Crippen LogP contribution in [0.4, 0.5) is 4.79 Å². The highest BCUT2D eigenvalue weighted by molar-refractivity contribution is 5.75. The molecule has 0 unspecified atom stereocenters. The molecular weight excluding hydrogens is 318 g/mol. The summed E-state index contributed by atoms with van der Waals surface area (Å²) in [6.45, 7) is 6.80. The first-order valence-electron chi connectivity index (χ1n) is 8.63. The first-order valence-corrected chi connectivity index (χ1v) is 8.63. The van der Waals surface area contributed by atoms with Gasteiger partial charge in [0.05, 0.1) is 19.2 Å². The second-order valence-electron chi connectivity index (χ2n) is 6.54. The van der Waals surface area contributed by atoms with Crippen molar-refractivity contribution in [1.29, 1.82) is 0 Å². The Morgan fingerprint density at radius 2 is 2.00 bits per heavy atom. The van der Waals surface area contributed by atoms with Crippen molar-refractivity contribution in [2.45, 2.75) is 52.2 Å². The SMILES string of the molecule is COc1ccc(C)cc1[C@H](C)NC(=O)N[C@H](C)c1nnc2n1CCC2. The molecule has 0 radical (unpaired) electrons. The van der Waals surface area contributed by atoms with E-state index in [-0.39, 0.29) is 18.1 Å². The summed E-state index contributed by atoms with van der Waals surface area (Å²) in [6, 6.07) is 5.32. The van der Waals surface area contributed by atoms with Crippen LogP contribution in [0, 0.1) is 6.92 Å². The predicted molar refractivity (Wildman–Crippen MR) is 94.6 cm³/mol. The molecule has 0 spiro atoms. The normalized spacial score (nSPS) is 15.4. The fourth-order valence-electron chi connectivity index (χ4n) is 3.26. The Balaban J connectivity index is 1.65. The van der Waals surface area contributed by atoms with Crippen LogP contribution >= 0.6 is 0 Å². The number of aryl methyl sites for hydroxylation is 2. The number of amides is 2. The van der Waals surface area contributed by atoms with Gasteiger partial charge in [-0.3, -0.25) is 0 Å². The molecule has 1 aliphatic heterocycles. The van der Waals surface area contributed by atoms with Gasteiger partial charge in [0.25, 0.3) is 0 Å². The van der Waals surface area contributed by atoms with Crippen molar-refractivity contribution < 1.29 is 9.53 Å². The molecule has 2 N–H and O–H groups in total. The van der Waals surface area contributed by atoms with Crippen LogP contribution in [-0.2, 0) is 13.0 Å². The summed E-state index contributed by atoms with van der Waals surface area (Å²) in [4.78, 5) is 12.4. The summed E-state index contributed by atoms with van der Waals surface area (Å²) >= 11 is 0. The average Bonchev–Trinajstić information content (AvgIpc) is 3.17. The first-order chi connectivity index (χ1) is 12.0. The fourth-order valence-corrected chi connectivity index (χ4v) is 3.26. The van der Waals surface area contributed by atoms with Gasteiger partial charge >= 0.3 is 6.03 Å². The number of fused-ring (bicyclic) bond motifs is 1. The highest BCUT2D eigenvalue weighted by Gasteiger charge is 2.23. The molecule has 0 saturated carbocycles. The molecule has 2 aromatic rings. The maximum atomic E-state index is 12.4. The van der Waals surface area contributed by atoms with Crippen molar-refractivity contribution in [3.63, 3.8) is 0 Å². The topological polar surface area (TPSA) is 81.1 Å². The second-order valence-corrected chi connectivity index (χ2v) is 6.54. The van der Waals surface area contributed by atoms with Gasteiger partial charge in [-0.1, -0.05) is 17.7 Å². The maximum Gasteiger partial charge on any atom is 0.315 e. The van der Waals surface area contributed by atoms with Gasteiger partial charge < -0.3 is 19.9 Å². The molecule has 0 aliphatic carbocycles. The lowest BCUT2D eigenvalue weighted by atomic mass is 10.0. The molecule has 1 aromatic heterocycles. The molecule has 0 bridgehead atoms.